The van der Waals surface area contributed by atoms with Crippen molar-refractivity contribution in [3.8, 4) is 5.75 Å². The third-order valence-corrected chi connectivity index (χ3v) is 7.48. The predicted octanol–water partition coefficient (Wildman–Crippen LogP) is 5.01. The first-order valence-corrected chi connectivity index (χ1v) is 12.8. The van der Waals surface area contributed by atoms with E-state index in [0.29, 0.717) is 11.9 Å². The fraction of sp³-hybridized carbons (Fsp3) is 0.346. The van der Waals surface area contributed by atoms with Crippen LogP contribution in [0.3, 0.4) is 0 Å². The number of aryl methyl sites for hydroxylation is 1. The Morgan fingerprint density at radius 2 is 1.89 bits per heavy atom. The van der Waals surface area contributed by atoms with Crippen LogP contribution in [0.4, 0.5) is 28.8 Å². The SMILES string of the molecule is COc1cc(N2CCC(N(C)C)CC2)ccc1N(c1cc2cn[nH]c2cc1C)c1nc(N)ncc1Br. The largest absolute Gasteiger partial charge is 0.494 e. The van der Waals surface area contributed by atoms with Crippen LogP contribution in [-0.2, 0) is 0 Å². The second kappa shape index (κ2) is 9.94. The van der Waals surface area contributed by atoms with Gasteiger partial charge in [0.2, 0.25) is 5.95 Å². The van der Waals surface area contributed by atoms with Crippen molar-refractivity contribution in [3.63, 3.8) is 0 Å². The van der Waals surface area contributed by atoms with Crippen molar-refractivity contribution < 1.29 is 4.74 Å². The lowest BCUT2D eigenvalue weighted by Gasteiger charge is -2.37. The number of nitrogen functional groups attached to an aromatic ring is 1. The summed E-state index contributed by atoms with van der Waals surface area (Å²) in [7, 11) is 6.02. The molecular weight excluding hydrogens is 520 g/mol. The van der Waals surface area contributed by atoms with Gasteiger partial charge in [0.05, 0.1) is 34.7 Å². The number of nitrogens with one attached hydrogen (secondary N) is 1. The Morgan fingerprint density at radius 3 is 2.61 bits per heavy atom. The Bertz CT molecular complexity index is 1380. The van der Waals surface area contributed by atoms with Gasteiger partial charge < -0.3 is 20.3 Å². The number of hydrogen-bond donors (Lipinski definition) is 2. The molecule has 10 heteroatoms. The van der Waals surface area contributed by atoms with E-state index >= 15 is 0 Å². The fourth-order valence-electron chi connectivity index (χ4n) is 4.90. The van der Waals surface area contributed by atoms with Gasteiger partial charge in [-0.15, -0.1) is 0 Å². The van der Waals surface area contributed by atoms with Gasteiger partial charge in [0, 0.05) is 42.5 Å². The van der Waals surface area contributed by atoms with Crippen LogP contribution in [0.1, 0.15) is 18.4 Å². The van der Waals surface area contributed by atoms with E-state index in [2.05, 4.69) is 102 Å². The molecule has 0 saturated carbocycles. The van der Waals surface area contributed by atoms with Crippen LogP contribution in [0.25, 0.3) is 10.9 Å². The third-order valence-electron chi connectivity index (χ3n) is 6.92. The highest BCUT2D eigenvalue weighted by Gasteiger charge is 2.25. The maximum absolute atomic E-state index is 6.03. The second-order valence-corrected chi connectivity index (χ2v) is 10.2. The summed E-state index contributed by atoms with van der Waals surface area (Å²) in [5.41, 5.74) is 11.0. The van der Waals surface area contributed by atoms with E-state index in [-0.39, 0.29) is 5.95 Å². The molecule has 0 atom stereocenters. The summed E-state index contributed by atoms with van der Waals surface area (Å²) < 4.78 is 6.68. The van der Waals surface area contributed by atoms with Crippen LogP contribution < -0.4 is 20.3 Å². The third kappa shape index (κ3) is 4.58. The summed E-state index contributed by atoms with van der Waals surface area (Å²) in [6.45, 7) is 4.09. The van der Waals surface area contributed by atoms with E-state index < -0.39 is 0 Å². The number of halogens is 1. The van der Waals surface area contributed by atoms with Crippen LogP contribution >= 0.6 is 15.9 Å². The first-order valence-electron chi connectivity index (χ1n) is 12.0. The average Bonchev–Trinajstić information content (AvgIpc) is 3.33. The second-order valence-electron chi connectivity index (χ2n) is 9.37. The zero-order valence-electron chi connectivity index (χ0n) is 21.0. The van der Waals surface area contributed by atoms with Crippen molar-refractivity contribution in [2.75, 3.05) is 49.8 Å². The van der Waals surface area contributed by atoms with Crippen LogP contribution in [0.15, 0.2) is 47.2 Å². The Morgan fingerprint density at radius 1 is 1.11 bits per heavy atom. The highest BCUT2D eigenvalue weighted by Crippen LogP contribution is 2.45. The van der Waals surface area contributed by atoms with Gasteiger partial charge in [-0.1, -0.05) is 0 Å². The number of ether oxygens (including phenoxy) is 1. The minimum absolute atomic E-state index is 0.194. The lowest BCUT2D eigenvalue weighted by molar-refractivity contribution is 0.249. The van der Waals surface area contributed by atoms with Gasteiger partial charge in [0.25, 0.3) is 0 Å². The van der Waals surface area contributed by atoms with Crippen molar-refractivity contribution in [1.29, 1.82) is 0 Å². The number of piperidine rings is 1. The van der Waals surface area contributed by atoms with E-state index in [4.69, 9.17) is 10.5 Å². The molecule has 1 fully saturated rings. The van der Waals surface area contributed by atoms with Gasteiger partial charge >= 0.3 is 0 Å². The zero-order chi connectivity index (χ0) is 25.4. The minimum Gasteiger partial charge on any atom is -0.494 e. The number of H-pyrrole nitrogens is 1. The van der Waals surface area contributed by atoms with Crippen molar-refractivity contribution >= 4 is 55.7 Å². The van der Waals surface area contributed by atoms with Crippen molar-refractivity contribution in [1.82, 2.24) is 25.1 Å². The Labute approximate surface area is 219 Å². The molecule has 1 aliphatic heterocycles. The summed E-state index contributed by atoms with van der Waals surface area (Å²) in [4.78, 5) is 15.6. The molecule has 4 aromatic rings. The molecule has 3 N–H and O–H groups in total. The maximum atomic E-state index is 6.03. The number of benzene rings is 2. The van der Waals surface area contributed by atoms with Crippen LogP contribution in [0.5, 0.6) is 5.75 Å². The van der Waals surface area contributed by atoms with Gasteiger partial charge in [-0.2, -0.15) is 10.1 Å². The Kier molecular flexibility index (Phi) is 6.72. The summed E-state index contributed by atoms with van der Waals surface area (Å²) in [6, 6.07) is 11.2. The van der Waals surface area contributed by atoms with Gasteiger partial charge in [0.15, 0.2) is 5.82 Å². The molecule has 0 aliphatic carbocycles. The molecule has 0 radical (unpaired) electrons. The Hall–Kier alpha value is -3.37. The minimum atomic E-state index is 0.194. The molecule has 188 valence electrons. The standard InChI is InChI=1S/C26H31BrN8O/c1-16-11-21-17(14-30-32-21)12-23(16)35(25-20(27)15-29-26(28)31-25)22-6-5-19(13-24(22)36-4)34-9-7-18(8-10-34)33(2)3/h5-6,11-15,18H,7-10H2,1-4H3,(H,30,32)(H2,28,29,31). The number of fused-ring (bicyclic) bond motifs is 1. The zero-order valence-corrected chi connectivity index (χ0v) is 22.6. The average molecular weight is 551 g/mol. The molecule has 0 bridgehead atoms. The molecule has 3 heterocycles. The fourth-order valence-corrected chi connectivity index (χ4v) is 5.27. The van der Waals surface area contributed by atoms with Crippen molar-refractivity contribution in [2.24, 2.45) is 0 Å². The molecule has 2 aromatic carbocycles. The predicted molar refractivity (Wildman–Crippen MR) is 149 cm³/mol. The van der Waals surface area contributed by atoms with Gasteiger partial charge in [-0.25, -0.2) is 4.98 Å². The molecule has 9 nitrogen and oxygen atoms in total. The number of nitrogens with zero attached hydrogens (tertiary/aromatic N) is 6. The molecular formula is C26H31BrN8O. The number of hydrogen-bond acceptors (Lipinski definition) is 8. The number of aromatic amines is 1. The molecule has 5 rings (SSSR count). The van der Waals surface area contributed by atoms with E-state index in [1.807, 2.05) is 6.20 Å². The molecule has 1 saturated heterocycles. The maximum Gasteiger partial charge on any atom is 0.222 e. The summed E-state index contributed by atoms with van der Waals surface area (Å²) >= 11 is 3.64. The quantitative estimate of drug-likeness (QED) is 0.345. The highest BCUT2D eigenvalue weighted by atomic mass is 79.9. The smallest absolute Gasteiger partial charge is 0.222 e. The van der Waals surface area contributed by atoms with Crippen molar-refractivity contribution in [3.05, 3.63) is 52.8 Å². The molecule has 2 aromatic heterocycles. The normalized spacial score (nSPS) is 14.6. The van der Waals surface area contributed by atoms with E-state index in [1.165, 1.54) is 0 Å². The molecule has 36 heavy (non-hydrogen) atoms. The highest BCUT2D eigenvalue weighted by molar-refractivity contribution is 9.10. The number of anilines is 5. The number of aromatic nitrogens is 4. The van der Waals surface area contributed by atoms with E-state index in [0.717, 1.165) is 69.7 Å². The lowest BCUT2D eigenvalue weighted by Crippen LogP contribution is -2.42. The van der Waals surface area contributed by atoms with Crippen molar-refractivity contribution in [2.45, 2.75) is 25.8 Å². The van der Waals surface area contributed by atoms with Crippen LogP contribution in [0, 0.1) is 6.92 Å². The lowest BCUT2D eigenvalue weighted by atomic mass is 10.0. The number of methoxy groups -OCH3 is 1. The topological polar surface area (TPSA) is 99.4 Å². The van der Waals surface area contributed by atoms with Gasteiger partial charge in [-0.3, -0.25) is 10.00 Å². The molecule has 0 amide bonds. The monoisotopic (exact) mass is 550 g/mol. The number of rotatable bonds is 6. The van der Waals surface area contributed by atoms with Crippen LogP contribution in [-0.4, -0.2) is 65.4 Å². The number of nitrogens with two attached hydrogens (primary N) is 1. The van der Waals surface area contributed by atoms with Crippen LogP contribution in [0.2, 0.25) is 0 Å². The van der Waals surface area contributed by atoms with E-state index in [9.17, 15) is 0 Å². The summed E-state index contributed by atoms with van der Waals surface area (Å²) in [6.07, 6.45) is 5.77. The van der Waals surface area contributed by atoms with Gasteiger partial charge in [-0.05, 0) is 79.6 Å². The Balaban J connectivity index is 1.61. The molecule has 1 aliphatic rings. The molecule has 0 spiro atoms. The summed E-state index contributed by atoms with van der Waals surface area (Å²) in [5, 5.41) is 8.25. The molecule has 0 unspecified atom stereocenters. The first-order chi connectivity index (χ1) is 17.4. The van der Waals surface area contributed by atoms with E-state index in [1.54, 1.807) is 13.3 Å². The van der Waals surface area contributed by atoms with Gasteiger partial charge in [0.1, 0.15) is 5.75 Å². The first kappa shape index (κ1) is 24.3. The summed E-state index contributed by atoms with van der Waals surface area (Å²) in [5.74, 6) is 1.57.